The number of hydrogen-bond donors (Lipinski definition) is 1. The van der Waals surface area contributed by atoms with Crippen molar-refractivity contribution in [3.05, 3.63) is 35.9 Å². The first-order chi connectivity index (χ1) is 9.90. The summed E-state index contributed by atoms with van der Waals surface area (Å²) in [6, 6.07) is 9.27. The Morgan fingerprint density at radius 3 is 2.33 bits per heavy atom. The molecule has 2 N–H and O–H groups in total. The lowest BCUT2D eigenvalue weighted by Gasteiger charge is -2.37. The van der Waals surface area contributed by atoms with E-state index in [4.69, 9.17) is 18.0 Å². The van der Waals surface area contributed by atoms with Crippen LogP contribution in [0.4, 0.5) is 0 Å². The number of piperazine rings is 1. The lowest BCUT2D eigenvalue weighted by molar-refractivity contribution is 0.174. The Balaban J connectivity index is 1.96. The average Bonchev–Trinajstić information content (AvgIpc) is 2.47. The second kappa shape index (κ2) is 6.83. The fraction of sp³-hybridized carbons (Fsp3) is 0.500. The van der Waals surface area contributed by atoms with Gasteiger partial charge in [0.25, 0.3) is 0 Å². The van der Waals surface area contributed by atoms with Gasteiger partial charge in [0.15, 0.2) is 0 Å². The van der Waals surface area contributed by atoms with Gasteiger partial charge in [-0.3, -0.25) is 4.90 Å². The summed E-state index contributed by atoms with van der Waals surface area (Å²) in [7, 11) is -3.26. The van der Waals surface area contributed by atoms with E-state index in [0.717, 1.165) is 5.56 Å². The molecule has 5 nitrogen and oxygen atoms in total. The molecule has 1 heterocycles. The number of benzene rings is 1. The van der Waals surface area contributed by atoms with Crippen molar-refractivity contribution in [1.82, 2.24) is 9.21 Å². The van der Waals surface area contributed by atoms with Gasteiger partial charge in [0.1, 0.15) is 0 Å². The quantitative estimate of drug-likeness (QED) is 0.811. The van der Waals surface area contributed by atoms with E-state index in [2.05, 4.69) is 4.90 Å². The van der Waals surface area contributed by atoms with Gasteiger partial charge in [-0.05, 0) is 12.5 Å². The molecule has 1 aliphatic rings. The molecule has 1 saturated heterocycles. The number of nitrogens with two attached hydrogens (primary N) is 1. The maximum Gasteiger partial charge on any atom is 0.218 e. The highest BCUT2D eigenvalue weighted by molar-refractivity contribution is 7.88. The molecule has 7 heteroatoms. The van der Waals surface area contributed by atoms with E-state index in [1.807, 2.05) is 37.3 Å². The summed E-state index contributed by atoms with van der Waals surface area (Å²) in [6.45, 7) is 4.25. The number of nitrogens with zero attached hydrogens (tertiary/aromatic N) is 2. The Labute approximate surface area is 131 Å². The third-order valence-electron chi connectivity index (χ3n) is 3.82. The van der Waals surface area contributed by atoms with Crippen molar-refractivity contribution in [2.45, 2.75) is 18.7 Å². The zero-order valence-corrected chi connectivity index (χ0v) is 13.7. The molecule has 0 amide bonds. The Hall–Kier alpha value is -1.02. The molecule has 21 heavy (non-hydrogen) atoms. The molecule has 2 rings (SSSR count). The first-order valence-electron chi connectivity index (χ1n) is 6.95. The minimum absolute atomic E-state index is 0.0129. The van der Waals surface area contributed by atoms with Gasteiger partial charge < -0.3 is 5.73 Å². The molecule has 1 aromatic rings. The molecule has 1 unspecified atom stereocenters. The summed E-state index contributed by atoms with van der Waals surface area (Å²) >= 11 is 4.99. The molecule has 0 bridgehead atoms. The largest absolute Gasteiger partial charge is 0.392 e. The van der Waals surface area contributed by atoms with Crippen molar-refractivity contribution in [2.75, 3.05) is 26.2 Å². The highest BCUT2D eigenvalue weighted by Gasteiger charge is 2.29. The monoisotopic (exact) mass is 327 g/mol. The molecular formula is C14H21N3O2S2. The van der Waals surface area contributed by atoms with Crippen molar-refractivity contribution < 1.29 is 8.42 Å². The number of rotatable bonds is 5. The number of hydrogen-bond acceptors (Lipinski definition) is 4. The molecule has 1 fully saturated rings. The first-order valence-corrected chi connectivity index (χ1v) is 8.97. The summed E-state index contributed by atoms with van der Waals surface area (Å²) in [5.41, 5.74) is 6.46. The van der Waals surface area contributed by atoms with E-state index >= 15 is 0 Å². The zero-order chi connectivity index (χ0) is 15.5. The fourth-order valence-corrected chi connectivity index (χ4v) is 4.09. The van der Waals surface area contributed by atoms with Crippen LogP contribution in [0.5, 0.6) is 0 Å². The van der Waals surface area contributed by atoms with Gasteiger partial charge in [0.05, 0.1) is 16.8 Å². The molecule has 1 atom stereocenters. The van der Waals surface area contributed by atoms with Crippen molar-refractivity contribution in [1.29, 1.82) is 0 Å². The molecule has 0 spiro atoms. The van der Waals surface area contributed by atoms with Crippen LogP contribution >= 0.6 is 12.2 Å². The van der Waals surface area contributed by atoms with Crippen molar-refractivity contribution in [2.24, 2.45) is 5.73 Å². The lowest BCUT2D eigenvalue weighted by Crippen LogP contribution is -2.54. The Bertz CT molecular complexity index is 581. The minimum atomic E-state index is -3.26. The summed E-state index contributed by atoms with van der Waals surface area (Å²) in [6.07, 6.45) is 0. The smallest absolute Gasteiger partial charge is 0.218 e. The Morgan fingerprint density at radius 2 is 1.81 bits per heavy atom. The van der Waals surface area contributed by atoms with Gasteiger partial charge in [0.2, 0.25) is 10.0 Å². The molecule has 1 aromatic carbocycles. The van der Waals surface area contributed by atoms with E-state index in [1.165, 1.54) is 0 Å². The summed E-state index contributed by atoms with van der Waals surface area (Å²) in [5.74, 6) is 0.0543. The normalized spacial score (nSPS) is 19.3. The molecule has 116 valence electrons. The van der Waals surface area contributed by atoms with Crippen molar-refractivity contribution in [3.8, 4) is 0 Å². The molecular weight excluding hydrogens is 306 g/mol. The van der Waals surface area contributed by atoms with Crippen molar-refractivity contribution >= 4 is 27.2 Å². The van der Waals surface area contributed by atoms with Crippen LogP contribution in [-0.2, 0) is 15.8 Å². The van der Waals surface area contributed by atoms with E-state index in [0.29, 0.717) is 31.2 Å². The third-order valence-corrected chi connectivity index (χ3v) is 6.01. The van der Waals surface area contributed by atoms with Crippen LogP contribution in [0, 0.1) is 0 Å². The van der Waals surface area contributed by atoms with Gasteiger partial charge in [0, 0.05) is 26.2 Å². The topological polar surface area (TPSA) is 66.6 Å². The predicted molar refractivity (Wildman–Crippen MR) is 88.5 cm³/mol. The van der Waals surface area contributed by atoms with Gasteiger partial charge in [-0.2, -0.15) is 4.31 Å². The Morgan fingerprint density at radius 1 is 1.24 bits per heavy atom. The van der Waals surface area contributed by atoms with Gasteiger partial charge in [-0.25, -0.2) is 8.42 Å². The highest BCUT2D eigenvalue weighted by atomic mass is 32.2. The molecule has 0 aromatic heterocycles. The van der Waals surface area contributed by atoms with Crippen LogP contribution in [-0.4, -0.2) is 54.8 Å². The van der Waals surface area contributed by atoms with Gasteiger partial charge in [-0.15, -0.1) is 0 Å². The van der Waals surface area contributed by atoms with Crippen LogP contribution in [0.25, 0.3) is 0 Å². The lowest BCUT2D eigenvalue weighted by atomic mass is 10.2. The Kier molecular flexibility index (Phi) is 5.32. The second-order valence-corrected chi connectivity index (χ2v) is 7.70. The molecule has 0 radical (unpaired) electrons. The third kappa shape index (κ3) is 4.23. The SMILES string of the molecule is CC(C(N)=S)N1CCN(S(=O)(=O)Cc2ccccc2)CC1. The maximum atomic E-state index is 12.4. The number of sulfonamides is 1. The van der Waals surface area contributed by atoms with Crippen molar-refractivity contribution in [3.63, 3.8) is 0 Å². The van der Waals surface area contributed by atoms with Crippen LogP contribution in [0.15, 0.2) is 30.3 Å². The van der Waals surface area contributed by atoms with E-state index in [-0.39, 0.29) is 11.8 Å². The van der Waals surface area contributed by atoms with E-state index in [1.54, 1.807) is 4.31 Å². The van der Waals surface area contributed by atoms with E-state index in [9.17, 15) is 8.42 Å². The minimum Gasteiger partial charge on any atom is -0.392 e. The highest BCUT2D eigenvalue weighted by Crippen LogP contribution is 2.14. The average molecular weight is 327 g/mol. The second-order valence-electron chi connectivity index (χ2n) is 5.26. The summed E-state index contributed by atoms with van der Waals surface area (Å²) < 4.78 is 26.4. The number of thiocarbonyl (C=S) groups is 1. The molecule has 0 aliphatic carbocycles. The predicted octanol–water partition coefficient (Wildman–Crippen LogP) is 0.809. The van der Waals surface area contributed by atoms with Crippen LogP contribution in [0.3, 0.4) is 0 Å². The van der Waals surface area contributed by atoms with Crippen LogP contribution in [0.2, 0.25) is 0 Å². The first kappa shape index (κ1) is 16.4. The zero-order valence-electron chi connectivity index (χ0n) is 12.1. The standard InChI is InChI=1S/C14H21N3O2S2/c1-12(14(15)20)16-7-9-17(10-8-16)21(18,19)11-13-5-3-2-4-6-13/h2-6,12H,7-11H2,1H3,(H2,15,20). The van der Waals surface area contributed by atoms with Gasteiger partial charge in [-0.1, -0.05) is 42.5 Å². The maximum absolute atomic E-state index is 12.4. The van der Waals surface area contributed by atoms with Crippen LogP contribution in [0.1, 0.15) is 12.5 Å². The summed E-state index contributed by atoms with van der Waals surface area (Å²) in [4.78, 5) is 2.58. The summed E-state index contributed by atoms with van der Waals surface area (Å²) in [5, 5.41) is 0. The van der Waals surface area contributed by atoms with Crippen LogP contribution < -0.4 is 5.73 Å². The molecule has 1 aliphatic heterocycles. The van der Waals surface area contributed by atoms with E-state index < -0.39 is 10.0 Å². The molecule has 0 saturated carbocycles. The van der Waals surface area contributed by atoms with Gasteiger partial charge >= 0.3 is 0 Å². The fourth-order valence-electron chi connectivity index (χ4n) is 2.43.